The van der Waals surface area contributed by atoms with Gasteiger partial charge in [0, 0.05) is 25.2 Å². The number of imide groups is 1. The number of rotatable bonds is 6. The van der Waals surface area contributed by atoms with Crippen molar-refractivity contribution >= 4 is 45.4 Å². The monoisotopic (exact) mass is 418 g/mol. The van der Waals surface area contributed by atoms with E-state index in [0.717, 1.165) is 39.5 Å². The predicted octanol–water partition coefficient (Wildman–Crippen LogP) is 5.02. The first-order valence-electron chi connectivity index (χ1n) is 9.66. The van der Waals surface area contributed by atoms with E-state index < -0.39 is 0 Å². The zero-order valence-corrected chi connectivity index (χ0v) is 17.7. The number of benzene rings is 3. The average Bonchev–Trinajstić information content (AvgIpc) is 3.01. The fraction of sp³-hybridized carbons (Fsp3) is 0.167. The molecule has 0 unspecified atom stereocenters. The van der Waals surface area contributed by atoms with Gasteiger partial charge in [-0.1, -0.05) is 48.5 Å². The van der Waals surface area contributed by atoms with Gasteiger partial charge in [-0.05, 0) is 47.0 Å². The Hall–Kier alpha value is -3.25. The quantitative estimate of drug-likeness (QED) is 0.526. The Morgan fingerprint density at radius 2 is 1.70 bits per heavy atom. The van der Waals surface area contributed by atoms with Gasteiger partial charge in [-0.15, -0.1) is 0 Å². The molecule has 30 heavy (non-hydrogen) atoms. The molecule has 1 saturated heterocycles. The number of hydrogen-bond donors (Lipinski definition) is 0. The third-order valence-corrected chi connectivity index (χ3v) is 5.81. The van der Waals surface area contributed by atoms with E-state index in [4.69, 9.17) is 4.74 Å². The molecule has 2 amide bonds. The Morgan fingerprint density at radius 1 is 0.967 bits per heavy atom. The summed E-state index contributed by atoms with van der Waals surface area (Å²) in [5.74, 6) is 0.472. The molecule has 5 nitrogen and oxygen atoms in total. The number of thioether (sulfide) groups is 1. The summed E-state index contributed by atoms with van der Waals surface area (Å²) in [5, 5.41) is 1.83. The van der Waals surface area contributed by atoms with Crippen LogP contribution in [0.5, 0.6) is 5.75 Å². The van der Waals surface area contributed by atoms with Crippen molar-refractivity contribution in [2.75, 3.05) is 32.1 Å². The number of nitrogens with zero attached hydrogens (tertiary/aromatic N) is 2. The van der Waals surface area contributed by atoms with Crippen LogP contribution in [0.2, 0.25) is 0 Å². The van der Waals surface area contributed by atoms with Gasteiger partial charge in [-0.2, -0.15) is 0 Å². The molecule has 1 aliphatic heterocycles. The fourth-order valence-corrected chi connectivity index (χ4v) is 4.15. The lowest BCUT2D eigenvalue weighted by atomic mass is 10.1. The van der Waals surface area contributed by atoms with Crippen LogP contribution in [0.3, 0.4) is 0 Å². The minimum absolute atomic E-state index is 0.213. The second kappa shape index (κ2) is 8.63. The molecule has 6 heteroatoms. The Labute approximate surface area is 179 Å². The Balaban J connectivity index is 1.41. The SMILES string of the molecule is CN(C)c1ccc(/C=C2\SC(=O)N(CCOc3cccc4ccccc34)C2=O)cc1. The zero-order chi connectivity index (χ0) is 21.1. The highest BCUT2D eigenvalue weighted by Crippen LogP contribution is 2.32. The molecule has 0 N–H and O–H groups in total. The summed E-state index contributed by atoms with van der Waals surface area (Å²) < 4.78 is 5.89. The van der Waals surface area contributed by atoms with E-state index in [1.807, 2.05) is 85.7 Å². The number of anilines is 1. The summed E-state index contributed by atoms with van der Waals surface area (Å²) in [4.78, 5) is 28.7. The van der Waals surface area contributed by atoms with Gasteiger partial charge in [0.05, 0.1) is 11.4 Å². The van der Waals surface area contributed by atoms with E-state index in [1.165, 1.54) is 4.90 Å². The van der Waals surface area contributed by atoms with Gasteiger partial charge in [0.15, 0.2) is 0 Å². The molecule has 3 aromatic carbocycles. The first kappa shape index (κ1) is 20.0. The molecular weight excluding hydrogens is 396 g/mol. The predicted molar refractivity (Wildman–Crippen MR) is 123 cm³/mol. The number of ether oxygens (including phenoxy) is 1. The number of hydrogen-bond acceptors (Lipinski definition) is 5. The number of fused-ring (bicyclic) bond motifs is 1. The second-order valence-corrected chi connectivity index (χ2v) is 8.14. The zero-order valence-electron chi connectivity index (χ0n) is 16.9. The maximum absolute atomic E-state index is 12.7. The summed E-state index contributed by atoms with van der Waals surface area (Å²) in [6.07, 6.45) is 1.76. The molecule has 1 heterocycles. The van der Waals surface area contributed by atoms with Crippen molar-refractivity contribution in [1.82, 2.24) is 4.90 Å². The minimum Gasteiger partial charge on any atom is -0.491 e. The van der Waals surface area contributed by atoms with Crippen LogP contribution in [0.25, 0.3) is 16.8 Å². The van der Waals surface area contributed by atoms with E-state index in [1.54, 1.807) is 6.08 Å². The molecule has 4 rings (SSSR count). The number of carbonyl (C=O) groups is 2. The Morgan fingerprint density at radius 3 is 2.47 bits per heavy atom. The lowest BCUT2D eigenvalue weighted by Crippen LogP contribution is -2.32. The fourth-order valence-electron chi connectivity index (χ4n) is 3.28. The van der Waals surface area contributed by atoms with Crippen molar-refractivity contribution in [1.29, 1.82) is 0 Å². The molecule has 0 saturated carbocycles. The highest BCUT2D eigenvalue weighted by atomic mass is 32.2. The van der Waals surface area contributed by atoms with E-state index >= 15 is 0 Å². The van der Waals surface area contributed by atoms with Crippen LogP contribution in [0, 0.1) is 0 Å². The van der Waals surface area contributed by atoms with Crippen molar-refractivity contribution in [3.8, 4) is 5.75 Å². The molecule has 3 aromatic rings. The molecule has 1 aliphatic rings. The van der Waals surface area contributed by atoms with Crippen molar-refractivity contribution < 1.29 is 14.3 Å². The highest BCUT2D eigenvalue weighted by molar-refractivity contribution is 8.18. The third kappa shape index (κ3) is 4.19. The molecule has 0 spiro atoms. The molecule has 0 aromatic heterocycles. The molecular formula is C24H22N2O3S. The first-order valence-corrected chi connectivity index (χ1v) is 10.5. The Kier molecular flexibility index (Phi) is 5.77. The lowest BCUT2D eigenvalue weighted by molar-refractivity contribution is -0.123. The third-order valence-electron chi connectivity index (χ3n) is 4.90. The van der Waals surface area contributed by atoms with Gasteiger partial charge in [-0.25, -0.2) is 0 Å². The van der Waals surface area contributed by atoms with Crippen LogP contribution in [-0.4, -0.2) is 43.3 Å². The second-order valence-electron chi connectivity index (χ2n) is 7.15. The van der Waals surface area contributed by atoms with Gasteiger partial charge in [-0.3, -0.25) is 14.5 Å². The van der Waals surface area contributed by atoms with Crippen LogP contribution >= 0.6 is 11.8 Å². The van der Waals surface area contributed by atoms with E-state index in [-0.39, 0.29) is 24.3 Å². The van der Waals surface area contributed by atoms with Gasteiger partial charge in [0.1, 0.15) is 12.4 Å². The van der Waals surface area contributed by atoms with Gasteiger partial charge in [0.25, 0.3) is 11.1 Å². The summed E-state index contributed by atoms with van der Waals surface area (Å²) in [7, 11) is 3.95. The maximum atomic E-state index is 12.7. The number of carbonyl (C=O) groups excluding carboxylic acids is 2. The standard InChI is InChI=1S/C24H22N2O3S/c1-25(2)19-12-10-17(11-13-19)16-22-23(27)26(24(28)30-22)14-15-29-21-9-5-7-18-6-3-4-8-20(18)21/h3-13,16H,14-15H2,1-2H3/b22-16-. The minimum atomic E-state index is -0.275. The summed E-state index contributed by atoms with van der Waals surface area (Å²) >= 11 is 0.969. The van der Waals surface area contributed by atoms with Gasteiger partial charge < -0.3 is 9.64 Å². The normalized spacial score (nSPS) is 15.3. The largest absolute Gasteiger partial charge is 0.491 e. The van der Waals surface area contributed by atoms with Crippen LogP contribution in [-0.2, 0) is 4.79 Å². The van der Waals surface area contributed by atoms with Crippen molar-refractivity contribution in [3.63, 3.8) is 0 Å². The van der Waals surface area contributed by atoms with Crippen molar-refractivity contribution in [3.05, 3.63) is 77.2 Å². The molecule has 0 radical (unpaired) electrons. The molecule has 1 fully saturated rings. The topological polar surface area (TPSA) is 49.9 Å². The van der Waals surface area contributed by atoms with Gasteiger partial charge >= 0.3 is 0 Å². The highest BCUT2D eigenvalue weighted by Gasteiger charge is 2.34. The summed E-state index contributed by atoms with van der Waals surface area (Å²) in [6, 6.07) is 21.6. The molecule has 0 aliphatic carbocycles. The molecule has 0 bridgehead atoms. The van der Waals surface area contributed by atoms with Crippen LogP contribution in [0.4, 0.5) is 10.5 Å². The molecule has 152 valence electrons. The lowest BCUT2D eigenvalue weighted by Gasteiger charge is -2.14. The van der Waals surface area contributed by atoms with Crippen LogP contribution in [0.1, 0.15) is 5.56 Å². The van der Waals surface area contributed by atoms with Crippen LogP contribution in [0.15, 0.2) is 71.6 Å². The van der Waals surface area contributed by atoms with Crippen molar-refractivity contribution in [2.24, 2.45) is 0 Å². The smallest absolute Gasteiger partial charge is 0.293 e. The summed E-state index contributed by atoms with van der Waals surface area (Å²) in [6.45, 7) is 0.460. The van der Waals surface area contributed by atoms with E-state index in [2.05, 4.69) is 0 Å². The average molecular weight is 419 g/mol. The van der Waals surface area contributed by atoms with Crippen LogP contribution < -0.4 is 9.64 Å². The van der Waals surface area contributed by atoms with E-state index in [9.17, 15) is 9.59 Å². The van der Waals surface area contributed by atoms with E-state index in [0.29, 0.717) is 4.91 Å². The van der Waals surface area contributed by atoms with Gasteiger partial charge in [0.2, 0.25) is 0 Å². The summed E-state index contributed by atoms with van der Waals surface area (Å²) in [5.41, 5.74) is 1.96. The molecule has 0 atom stereocenters. The Bertz CT molecular complexity index is 1120. The number of amides is 2. The van der Waals surface area contributed by atoms with Crippen molar-refractivity contribution in [2.45, 2.75) is 0 Å². The maximum Gasteiger partial charge on any atom is 0.293 e. The first-order chi connectivity index (χ1) is 14.5.